The third-order valence-electron chi connectivity index (χ3n) is 3.13. The Hall–Kier alpha value is -0.610. The van der Waals surface area contributed by atoms with Crippen LogP contribution in [0.25, 0.3) is 0 Å². The first kappa shape index (κ1) is 8.97. The zero-order chi connectivity index (χ0) is 9.26. The molecule has 0 amide bonds. The van der Waals surface area contributed by atoms with Gasteiger partial charge in [0.15, 0.2) is 0 Å². The molecule has 4 heteroatoms. The molecule has 0 saturated carbocycles. The van der Waals surface area contributed by atoms with Crippen LogP contribution in [0, 0.1) is 5.92 Å². The van der Waals surface area contributed by atoms with E-state index in [-0.39, 0.29) is 6.04 Å². The van der Waals surface area contributed by atoms with E-state index in [9.17, 15) is 4.79 Å². The maximum absolute atomic E-state index is 10.7. The van der Waals surface area contributed by atoms with Crippen molar-refractivity contribution < 1.29 is 9.90 Å². The second-order valence-electron chi connectivity index (χ2n) is 4.00. The summed E-state index contributed by atoms with van der Waals surface area (Å²) in [4.78, 5) is 10.7. The molecule has 2 fully saturated rings. The van der Waals surface area contributed by atoms with E-state index in [1.54, 1.807) is 0 Å². The fourth-order valence-corrected chi connectivity index (χ4v) is 2.37. The van der Waals surface area contributed by atoms with E-state index in [4.69, 9.17) is 5.11 Å². The summed E-state index contributed by atoms with van der Waals surface area (Å²) in [5, 5.41) is 15.3. The van der Waals surface area contributed by atoms with Crippen LogP contribution in [-0.4, -0.2) is 36.2 Å². The summed E-state index contributed by atoms with van der Waals surface area (Å²) in [7, 11) is 0. The molecule has 0 bridgehead atoms. The summed E-state index contributed by atoms with van der Waals surface area (Å²) in [5.74, 6) is -0.191. The lowest BCUT2D eigenvalue weighted by molar-refractivity contribution is -0.139. The standard InChI is InChI=1S/C9H16N2O2/c12-9(13)8-4-6(5-11-8)7-2-1-3-10-7/h6-8,10-11H,1-5H2,(H,12,13). The minimum Gasteiger partial charge on any atom is -0.480 e. The van der Waals surface area contributed by atoms with E-state index in [0.29, 0.717) is 12.0 Å². The van der Waals surface area contributed by atoms with Crippen molar-refractivity contribution in [2.45, 2.75) is 31.3 Å². The molecule has 2 rings (SSSR count). The van der Waals surface area contributed by atoms with Gasteiger partial charge in [-0.25, -0.2) is 0 Å². The van der Waals surface area contributed by atoms with Crippen molar-refractivity contribution >= 4 is 5.97 Å². The fraction of sp³-hybridized carbons (Fsp3) is 0.889. The van der Waals surface area contributed by atoms with Gasteiger partial charge in [0.1, 0.15) is 6.04 Å². The highest BCUT2D eigenvalue weighted by molar-refractivity contribution is 5.73. The Labute approximate surface area is 77.7 Å². The molecule has 3 atom stereocenters. The minimum absolute atomic E-state index is 0.313. The topological polar surface area (TPSA) is 61.4 Å². The van der Waals surface area contributed by atoms with Crippen molar-refractivity contribution in [3.8, 4) is 0 Å². The van der Waals surface area contributed by atoms with Crippen molar-refractivity contribution in [3.63, 3.8) is 0 Å². The highest BCUT2D eigenvalue weighted by atomic mass is 16.4. The highest BCUT2D eigenvalue weighted by Crippen LogP contribution is 2.23. The van der Waals surface area contributed by atoms with Crippen LogP contribution < -0.4 is 10.6 Å². The van der Waals surface area contributed by atoms with E-state index in [2.05, 4.69) is 10.6 Å². The molecule has 0 aromatic rings. The lowest BCUT2D eigenvalue weighted by Crippen LogP contribution is -2.31. The van der Waals surface area contributed by atoms with Crippen LogP contribution in [0.1, 0.15) is 19.3 Å². The van der Waals surface area contributed by atoms with Gasteiger partial charge >= 0.3 is 5.97 Å². The van der Waals surface area contributed by atoms with Crippen LogP contribution in [0.4, 0.5) is 0 Å². The molecule has 0 radical (unpaired) electrons. The van der Waals surface area contributed by atoms with E-state index in [1.165, 1.54) is 12.8 Å². The van der Waals surface area contributed by atoms with Gasteiger partial charge in [-0.05, 0) is 31.7 Å². The van der Waals surface area contributed by atoms with Crippen LogP contribution in [0.2, 0.25) is 0 Å². The molecule has 3 unspecified atom stereocenters. The fourth-order valence-electron chi connectivity index (χ4n) is 2.37. The molecule has 4 nitrogen and oxygen atoms in total. The predicted molar refractivity (Wildman–Crippen MR) is 48.6 cm³/mol. The summed E-state index contributed by atoms with van der Waals surface area (Å²) < 4.78 is 0. The first-order valence-corrected chi connectivity index (χ1v) is 4.97. The first-order valence-electron chi connectivity index (χ1n) is 4.97. The van der Waals surface area contributed by atoms with Crippen LogP contribution in [-0.2, 0) is 4.79 Å². The zero-order valence-electron chi connectivity index (χ0n) is 7.62. The highest BCUT2D eigenvalue weighted by Gasteiger charge is 2.34. The lowest BCUT2D eigenvalue weighted by atomic mass is 9.95. The molecule has 2 aliphatic rings. The maximum Gasteiger partial charge on any atom is 0.320 e. The molecule has 2 saturated heterocycles. The van der Waals surface area contributed by atoms with E-state index >= 15 is 0 Å². The number of hydrogen-bond acceptors (Lipinski definition) is 3. The van der Waals surface area contributed by atoms with Crippen molar-refractivity contribution in [2.24, 2.45) is 5.92 Å². The molecular formula is C9H16N2O2. The minimum atomic E-state index is -0.708. The molecule has 2 heterocycles. The molecule has 13 heavy (non-hydrogen) atoms. The van der Waals surface area contributed by atoms with E-state index in [0.717, 1.165) is 19.5 Å². The SMILES string of the molecule is O=C(O)C1CC(C2CCCN2)CN1. The number of nitrogens with one attached hydrogen (secondary N) is 2. The van der Waals surface area contributed by atoms with Gasteiger partial charge in [0, 0.05) is 12.6 Å². The summed E-state index contributed by atoms with van der Waals surface area (Å²) in [5.41, 5.74) is 0. The summed E-state index contributed by atoms with van der Waals surface area (Å²) in [6.07, 6.45) is 3.23. The number of hydrogen-bond donors (Lipinski definition) is 3. The Morgan fingerprint density at radius 3 is 2.77 bits per heavy atom. The zero-order valence-corrected chi connectivity index (χ0v) is 7.62. The second-order valence-corrected chi connectivity index (χ2v) is 4.00. The average Bonchev–Trinajstić information content (AvgIpc) is 2.75. The van der Waals surface area contributed by atoms with E-state index in [1.807, 2.05) is 0 Å². The van der Waals surface area contributed by atoms with Crippen molar-refractivity contribution in [3.05, 3.63) is 0 Å². The Bertz CT molecular complexity index is 202. The van der Waals surface area contributed by atoms with Crippen LogP contribution in [0.15, 0.2) is 0 Å². The van der Waals surface area contributed by atoms with Gasteiger partial charge in [0.25, 0.3) is 0 Å². The molecule has 0 aliphatic carbocycles. The number of carboxylic acids is 1. The molecule has 3 N–H and O–H groups in total. The number of carboxylic acid groups (broad SMARTS) is 1. The second kappa shape index (κ2) is 3.64. The summed E-state index contributed by atoms with van der Waals surface area (Å²) in [6, 6.07) is 0.240. The van der Waals surface area contributed by atoms with Crippen molar-refractivity contribution in [1.29, 1.82) is 0 Å². The number of aliphatic carboxylic acids is 1. The molecule has 74 valence electrons. The summed E-state index contributed by atoms with van der Waals surface area (Å²) in [6.45, 7) is 1.95. The van der Waals surface area contributed by atoms with Gasteiger partial charge in [0.2, 0.25) is 0 Å². The van der Waals surface area contributed by atoms with Gasteiger partial charge in [-0.15, -0.1) is 0 Å². The summed E-state index contributed by atoms with van der Waals surface area (Å²) >= 11 is 0. The molecular weight excluding hydrogens is 168 g/mol. The normalized spacial score (nSPS) is 39.5. The Balaban J connectivity index is 1.86. The van der Waals surface area contributed by atoms with Gasteiger partial charge in [-0.1, -0.05) is 0 Å². The third kappa shape index (κ3) is 1.84. The molecule has 0 aromatic heterocycles. The van der Waals surface area contributed by atoms with Crippen LogP contribution in [0.5, 0.6) is 0 Å². The predicted octanol–water partition coefficient (Wildman–Crippen LogP) is -0.199. The molecule has 2 aliphatic heterocycles. The average molecular weight is 184 g/mol. The van der Waals surface area contributed by atoms with Crippen LogP contribution >= 0.6 is 0 Å². The number of carbonyl (C=O) groups is 1. The largest absolute Gasteiger partial charge is 0.480 e. The Morgan fingerprint density at radius 1 is 1.38 bits per heavy atom. The Kier molecular flexibility index (Phi) is 2.51. The van der Waals surface area contributed by atoms with Gasteiger partial charge in [-0.3, -0.25) is 4.79 Å². The van der Waals surface area contributed by atoms with Crippen molar-refractivity contribution in [2.75, 3.05) is 13.1 Å². The first-order chi connectivity index (χ1) is 6.27. The van der Waals surface area contributed by atoms with Gasteiger partial charge in [-0.2, -0.15) is 0 Å². The van der Waals surface area contributed by atoms with E-state index < -0.39 is 5.97 Å². The lowest BCUT2D eigenvalue weighted by Gasteiger charge is -2.16. The quantitative estimate of drug-likeness (QED) is 0.556. The smallest absolute Gasteiger partial charge is 0.320 e. The molecule has 0 spiro atoms. The van der Waals surface area contributed by atoms with Gasteiger partial charge in [0.05, 0.1) is 0 Å². The molecule has 0 aromatic carbocycles. The monoisotopic (exact) mass is 184 g/mol. The van der Waals surface area contributed by atoms with Gasteiger partial charge < -0.3 is 15.7 Å². The number of rotatable bonds is 2. The Morgan fingerprint density at radius 2 is 2.23 bits per heavy atom. The third-order valence-corrected chi connectivity index (χ3v) is 3.13. The maximum atomic E-state index is 10.7. The van der Waals surface area contributed by atoms with Crippen LogP contribution in [0.3, 0.4) is 0 Å². The van der Waals surface area contributed by atoms with Crippen molar-refractivity contribution in [1.82, 2.24) is 10.6 Å².